The summed E-state index contributed by atoms with van der Waals surface area (Å²) < 4.78 is 7.04. The van der Waals surface area contributed by atoms with E-state index in [1.54, 1.807) is 0 Å². The Balaban J connectivity index is 1.98. The van der Waals surface area contributed by atoms with Gasteiger partial charge in [-0.05, 0) is 20.8 Å². The van der Waals surface area contributed by atoms with Gasteiger partial charge in [0.2, 0.25) is 0 Å². The largest absolute Gasteiger partial charge is 0.360 e. The molecule has 2 aromatic rings. The van der Waals surface area contributed by atoms with Crippen LogP contribution in [0.4, 0.5) is 0 Å². The van der Waals surface area contributed by atoms with Crippen molar-refractivity contribution in [2.24, 2.45) is 0 Å². The molecule has 2 heterocycles. The van der Waals surface area contributed by atoms with Gasteiger partial charge in [-0.3, -0.25) is 4.68 Å². The Morgan fingerprint density at radius 1 is 1.39 bits per heavy atom. The first-order chi connectivity index (χ1) is 8.61. The minimum atomic E-state index is 0.630. The number of halogens is 1. The lowest BCUT2D eigenvalue weighted by atomic mass is 10.3. The van der Waals surface area contributed by atoms with Crippen LogP contribution in [0, 0.1) is 13.8 Å². The minimum absolute atomic E-state index is 0.630. The molecule has 6 heteroatoms. The van der Waals surface area contributed by atoms with Crippen LogP contribution in [0.1, 0.15) is 29.8 Å². The zero-order chi connectivity index (χ0) is 13.1. The normalized spacial score (nSPS) is 11.1. The highest BCUT2D eigenvalue weighted by Gasteiger charge is 2.12. The molecule has 0 aliphatic rings. The van der Waals surface area contributed by atoms with E-state index in [1.165, 1.54) is 0 Å². The van der Waals surface area contributed by atoms with Crippen LogP contribution in [0.5, 0.6) is 0 Å². The predicted molar refractivity (Wildman–Crippen MR) is 69.4 cm³/mol. The van der Waals surface area contributed by atoms with Crippen LogP contribution in [0.25, 0.3) is 0 Å². The molecule has 0 unspecified atom stereocenters. The van der Waals surface area contributed by atoms with E-state index in [0.29, 0.717) is 13.1 Å². The van der Waals surface area contributed by atoms with Gasteiger partial charge in [0.05, 0.1) is 28.6 Å². The summed E-state index contributed by atoms with van der Waals surface area (Å²) in [5.41, 5.74) is 2.76. The average Bonchev–Trinajstić information content (AvgIpc) is 2.87. The Bertz CT molecular complexity index is 532. The first kappa shape index (κ1) is 13.1. The standard InChI is InChI=1S/C12H17ClN4O/c1-4-17-11(12(13)9(3)15-17)7-14-6-10-5-8(2)16-18-10/h5,14H,4,6-7H2,1-3H3. The third-order valence-electron chi connectivity index (χ3n) is 2.72. The molecule has 0 bridgehead atoms. The predicted octanol–water partition coefficient (Wildman–Crippen LogP) is 2.45. The molecule has 0 saturated carbocycles. The number of rotatable bonds is 5. The van der Waals surface area contributed by atoms with Crippen molar-refractivity contribution < 1.29 is 4.52 Å². The Morgan fingerprint density at radius 3 is 2.78 bits per heavy atom. The van der Waals surface area contributed by atoms with E-state index in [4.69, 9.17) is 16.1 Å². The number of hydrogen-bond donors (Lipinski definition) is 1. The third kappa shape index (κ3) is 2.73. The molecule has 0 spiro atoms. The molecule has 0 radical (unpaired) electrons. The fourth-order valence-corrected chi connectivity index (χ4v) is 2.04. The van der Waals surface area contributed by atoms with E-state index >= 15 is 0 Å². The molecule has 1 N–H and O–H groups in total. The molecule has 0 atom stereocenters. The zero-order valence-corrected chi connectivity index (χ0v) is 11.6. The SMILES string of the molecule is CCn1nc(C)c(Cl)c1CNCc1cc(C)no1. The molecule has 18 heavy (non-hydrogen) atoms. The molecule has 98 valence electrons. The third-order valence-corrected chi connectivity index (χ3v) is 3.21. The smallest absolute Gasteiger partial charge is 0.150 e. The Hall–Kier alpha value is -1.33. The minimum Gasteiger partial charge on any atom is -0.360 e. The maximum Gasteiger partial charge on any atom is 0.150 e. The number of hydrogen-bond acceptors (Lipinski definition) is 4. The van der Waals surface area contributed by atoms with Crippen molar-refractivity contribution in [3.63, 3.8) is 0 Å². The van der Waals surface area contributed by atoms with Gasteiger partial charge in [-0.2, -0.15) is 5.10 Å². The highest BCUT2D eigenvalue weighted by Crippen LogP contribution is 2.20. The lowest BCUT2D eigenvalue weighted by molar-refractivity contribution is 0.368. The van der Waals surface area contributed by atoms with Gasteiger partial charge < -0.3 is 9.84 Å². The number of aryl methyl sites for hydroxylation is 3. The maximum absolute atomic E-state index is 6.22. The van der Waals surface area contributed by atoms with Crippen molar-refractivity contribution in [1.82, 2.24) is 20.3 Å². The Morgan fingerprint density at radius 2 is 2.17 bits per heavy atom. The van der Waals surface area contributed by atoms with E-state index in [-0.39, 0.29) is 0 Å². The van der Waals surface area contributed by atoms with E-state index in [9.17, 15) is 0 Å². The van der Waals surface area contributed by atoms with Crippen LogP contribution < -0.4 is 5.32 Å². The monoisotopic (exact) mass is 268 g/mol. The molecule has 0 aliphatic carbocycles. The van der Waals surface area contributed by atoms with E-state index in [1.807, 2.05) is 31.5 Å². The summed E-state index contributed by atoms with van der Waals surface area (Å²) in [4.78, 5) is 0. The lowest BCUT2D eigenvalue weighted by Gasteiger charge is -2.05. The van der Waals surface area contributed by atoms with Crippen molar-refractivity contribution in [3.8, 4) is 0 Å². The van der Waals surface area contributed by atoms with Crippen molar-refractivity contribution in [2.45, 2.75) is 40.4 Å². The molecule has 0 aliphatic heterocycles. The molecule has 0 fully saturated rings. The molecule has 5 nitrogen and oxygen atoms in total. The van der Waals surface area contributed by atoms with Crippen LogP contribution >= 0.6 is 11.6 Å². The molecule has 0 aromatic carbocycles. The van der Waals surface area contributed by atoms with Crippen molar-refractivity contribution in [1.29, 1.82) is 0 Å². The Kier molecular flexibility index (Phi) is 4.04. The molecule has 2 aromatic heterocycles. The number of aromatic nitrogens is 3. The summed E-state index contributed by atoms with van der Waals surface area (Å²) in [6.07, 6.45) is 0. The van der Waals surface area contributed by atoms with Gasteiger partial charge in [0.25, 0.3) is 0 Å². The fraction of sp³-hybridized carbons (Fsp3) is 0.500. The van der Waals surface area contributed by atoms with Gasteiger partial charge in [-0.15, -0.1) is 0 Å². The molecular weight excluding hydrogens is 252 g/mol. The molecule has 0 amide bonds. The summed E-state index contributed by atoms with van der Waals surface area (Å²) >= 11 is 6.22. The highest BCUT2D eigenvalue weighted by atomic mass is 35.5. The Labute approximate surface area is 111 Å². The van der Waals surface area contributed by atoms with Gasteiger partial charge in [0.1, 0.15) is 0 Å². The van der Waals surface area contributed by atoms with E-state index < -0.39 is 0 Å². The summed E-state index contributed by atoms with van der Waals surface area (Å²) in [5, 5.41) is 12.2. The van der Waals surface area contributed by atoms with Crippen molar-refractivity contribution in [2.75, 3.05) is 0 Å². The topological polar surface area (TPSA) is 55.9 Å². The zero-order valence-electron chi connectivity index (χ0n) is 10.8. The van der Waals surface area contributed by atoms with Crippen molar-refractivity contribution >= 4 is 11.6 Å². The summed E-state index contributed by atoms with van der Waals surface area (Å²) in [5.74, 6) is 0.822. The second-order valence-electron chi connectivity index (χ2n) is 4.20. The first-order valence-corrected chi connectivity index (χ1v) is 6.34. The molecule has 0 saturated heterocycles. The van der Waals surface area contributed by atoms with E-state index in [0.717, 1.165) is 34.4 Å². The summed E-state index contributed by atoms with van der Waals surface area (Å²) in [7, 11) is 0. The highest BCUT2D eigenvalue weighted by molar-refractivity contribution is 6.31. The van der Waals surface area contributed by atoms with Crippen LogP contribution in [0.2, 0.25) is 5.02 Å². The molecular formula is C12H17ClN4O. The van der Waals surface area contributed by atoms with Crippen LogP contribution in [-0.4, -0.2) is 14.9 Å². The summed E-state index contributed by atoms with van der Waals surface area (Å²) in [6, 6.07) is 1.91. The van der Waals surface area contributed by atoms with Crippen LogP contribution in [-0.2, 0) is 19.6 Å². The van der Waals surface area contributed by atoms with Crippen LogP contribution in [0.3, 0.4) is 0 Å². The van der Waals surface area contributed by atoms with Crippen LogP contribution in [0.15, 0.2) is 10.6 Å². The van der Waals surface area contributed by atoms with E-state index in [2.05, 4.69) is 15.6 Å². The molecule has 2 rings (SSSR count). The van der Waals surface area contributed by atoms with Gasteiger partial charge in [-0.25, -0.2) is 0 Å². The van der Waals surface area contributed by atoms with Gasteiger partial charge in [0.15, 0.2) is 5.76 Å². The number of nitrogens with zero attached hydrogens (tertiary/aromatic N) is 3. The second kappa shape index (κ2) is 5.54. The first-order valence-electron chi connectivity index (χ1n) is 5.96. The summed E-state index contributed by atoms with van der Waals surface area (Å²) in [6.45, 7) is 7.97. The maximum atomic E-state index is 6.22. The average molecular weight is 269 g/mol. The van der Waals surface area contributed by atoms with Gasteiger partial charge >= 0.3 is 0 Å². The number of nitrogens with one attached hydrogen (secondary N) is 1. The second-order valence-corrected chi connectivity index (χ2v) is 4.58. The van der Waals surface area contributed by atoms with Crippen molar-refractivity contribution in [3.05, 3.63) is 33.9 Å². The van der Waals surface area contributed by atoms with Gasteiger partial charge in [0, 0.05) is 19.2 Å². The fourth-order valence-electron chi connectivity index (χ4n) is 1.84. The van der Waals surface area contributed by atoms with Gasteiger partial charge in [-0.1, -0.05) is 16.8 Å². The lowest BCUT2D eigenvalue weighted by Crippen LogP contribution is -2.16. The quantitative estimate of drug-likeness (QED) is 0.905.